The van der Waals surface area contributed by atoms with Crippen LogP contribution in [0.15, 0.2) is 30.9 Å². The SMILES string of the molecule is CCC(O)CCNCc1ccc(-n2cncn2)c(C)c1. The summed E-state index contributed by atoms with van der Waals surface area (Å²) in [6.45, 7) is 5.71. The van der Waals surface area contributed by atoms with Crippen LogP contribution in [0.3, 0.4) is 0 Å². The van der Waals surface area contributed by atoms with E-state index >= 15 is 0 Å². The van der Waals surface area contributed by atoms with Crippen molar-refractivity contribution in [3.63, 3.8) is 0 Å². The minimum absolute atomic E-state index is 0.195. The Hall–Kier alpha value is -1.72. The maximum Gasteiger partial charge on any atom is 0.138 e. The van der Waals surface area contributed by atoms with E-state index in [0.717, 1.165) is 31.6 Å². The Labute approximate surface area is 119 Å². The van der Waals surface area contributed by atoms with E-state index in [0.29, 0.717) is 0 Å². The standard InChI is InChI=1S/C15H22N4O/c1-3-14(20)6-7-16-9-13-4-5-15(12(2)8-13)19-11-17-10-18-19/h4-5,8,10-11,14,16,20H,3,6-7,9H2,1-2H3. The number of aromatic nitrogens is 3. The number of hydrogen-bond acceptors (Lipinski definition) is 4. The number of rotatable bonds is 7. The van der Waals surface area contributed by atoms with Gasteiger partial charge in [-0.05, 0) is 43.5 Å². The summed E-state index contributed by atoms with van der Waals surface area (Å²) < 4.78 is 1.77. The molecule has 0 radical (unpaired) electrons. The molecular formula is C15H22N4O. The van der Waals surface area contributed by atoms with Gasteiger partial charge in [0.2, 0.25) is 0 Å². The zero-order chi connectivity index (χ0) is 14.4. The van der Waals surface area contributed by atoms with Gasteiger partial charge < -0.3 is 10.4 Å². The highest BCUT2D eigenvalue weighted by Gasteiger charge is 2.04. The second kappa shape index (κ2) is 7.17. The van der Waals surface area contributed by atoms with Gasteiger partial charge in [0.1, 0.15) is 12.7 Å². The molecule has 1 aromatic heterocycles. The van der Waals surface area contributed by atoms with Crippen LogP contribution in [-0.2, 0) is 6.54 Å². The zero-order valence-corrected chi connectivity index (χ0v) is 12.1. The van der Waals surface area contributed by atoms with E-state index < -0.39 is 0 Å². The molecule has 0 bridgehead atoms. The molecule has 2 N–H and O–H groups in total. The highest BCUT2D eigenvalue weighted by molar-refractivity contribution is 5.41. The first-order valence-corrected chi connectivity index (χ1v) is 7.04. The second-order valence-electron chi connectivity index (χ2n) is 4.99. The van der Waals surface area contributed by atoms with Crippen LogP contribution in [0.25, 0.3) is 5.69 Å². The molecule has 0 aliphatic carbocycles. The molecule has 5 heteroatoms. The highest BCUT2D eigenvalue weighted by Crippen LogP contribution is 2.14. The van der Waals surface area contributed by atoms with Crippen molar-refractivity contribution in [3.8, 4) is 5.69 Å². The predicted molar refractivity (Wildman–Crippen MR) is 78.7 cm³/mol. The summed E-state index contributed by atoms with van der Waals surface area (Å²) in [5.74, 6) is 0. The van der Waals surface area contributed by atoms with Crippen LogP contribution in [0.5, 0.6) is 0 Å². The molecule has 1 heterocycles. The molecule has 0 saturated carbocycles. The highest BCUT2D eigenvalue weighted by atomic mass is 16.3. The third-order valence-electron chi connectivity index (χ3n) is 3.38. The third kappa shape index (κ3) is 3.88. The van der Waals surface area contributed by atoms with Crippen LogP contribution in [-0.4, -0.2) is 32.5 Å². The van der Waals surface area contributed by atoms with Gasteiger partial charge in [-0.1, -0.05) is 19.1 Å². The van der Waals surface area contributed by atoms with Gasteiger partial charge in [0.05, 0.1) is 11.8 Å². The van der Waals surface area contributed by atoms with Crippen molar-refractivity contribution < 1.29 is 5.11 Å². The molecule has 1 atom stereocenters. The number of nitrogens with zero attached hydrogens (tertiary/aromatic N) is 3. The van der Waals surface area contributed by atoms with Crippen LogP contribution < -0.4 is 5.32 Å². The number of hydrogen-bond donors (Lipinski definition) is 2. The molecule has 0 aliphatic heterocycles. The van der Waals surface area contributed by atoms with E-state index in [1.54, 1.807) is 11.0 Å². The fraction of sp³-hybridized carbons (Fsp3) is 0.467. The minimum Gasteiger partial charge on any atom is -0.393 e. The molecule has 1 aromatic carbocycles. The Morgan fingerprint density at radius 2 is 2.25 bits per heavy atom. The fourth-order valence-corrected chi connectivity index (χ4v) is 2.12. The second-order valence-corrected chi connectivity index (χ2v) is 4.99. The Morgan fingerprint density at radius 3 is 2.90 bits per heavy atom. The van der Waals surface area contributed by atoms with Gasteiger partial charge in [-0.2, -0.15) is 5.10 Å². The van der Waals surface area contributed by atoms with Crippen molar-refractivity contribution in [2.45, 2.75) is 39.3 Å². The van der Waals surface area contributed by atoms with Crippen LogP contribution in [0.4, 0.5) is 0 Å². The van der Waals surface area contributed by atoms with Crippen molar-refractivity contribution in [2.75, 3.05) is 6.54 Å². The predicted octanol–water partition coefficient (Wildman–Crippen LogP) is 1.83. The zero-order valence-electron chi connectivity index (χ0n) is 12.1. The molecule has 0 spiro atoms. The van der Waals surface area contributed by atoms with Gasteiger partial charge in [0.25, 0.3) is 0 Å². The van der Waals surface area contributed by atoms with E-state index in [4.69, 9.17) is 0 Å². The lowest BCUT2D eigenvalue weighted by atomic mass is 10.1. The number of aryl methyl sites for hydroxylation is 1. The number of aliphatic hydroxyl groups excluding tert-OH is 1. The molecule has 2 rings (SSSR count). The van der Waals surface area contributed by atoms with Crippen LogP contribution >= 0.6 is 0 Å². The lowest BCUT2D eigenvalue weighted by molar-refractivity contribution is 0.159. The molecule has 20 heavy (non-hydrogen) atoms. The monoisotopic (exact) mass is 274 g/mol. The molecule has 0 amide bonds. The van der Waals surface area contributed by atoms with Gasteiger partial charge in [-0.3, -0.25) is 0 Å². The largest absolute Gasteiger partial charge is 0.393 e. The summed E-state index contributed by atoms with van der Waals surface area (Å²) in [4.78, 5) is 3.96. The average molecular weight is 274 g/mol. The first-order valence-electron chi connectivity index (χ1n) is 7.04. The van der Waals surface area contributed by atoms with E-state index in [9.17, 15) is 5.11 Å². The van der Waals surface area contributed by atoms with Crippen molar-refractivity contribution in [1.29, 1.82) is 0 Å². The molecular weight excluding hydrogens is 252 g/mol. The van der Waals surface area contributed by atoms with Gasteiger partial charge in [0, 0.05) is 6.54 Å². The van der Waals surface area contributed by atoms with Crippen LogP contribution in [0, 0.1) is 6.92 Å². The van der Waals surface area contributed by atoms with Crippen molar-refractivity contribution >= 4 is 0 Å². The van der Waals surface area contributed by atoms with Crippen molar-refractivity contribution in [1.82, 2.24) is 20.1 Å². The Kier molecular flexibility index (Phi) is 5.26. The van der Waals surface area contributed by atoms with Crippen molar-refractivity contribution in [2.24, 2.45) is 0 Å². The third-order valence-corrected chi connectivity index (χ3v) is 3.38. The maximum atomic E-state index is 9.49. The van der Waals surface area contributed by atoms with Gasteiger partial charge >= 0.3 is 0 Å². The lowest BCUT2D eigenvalue weighted by Crippen LogP contribution is -2.19. The molecule has 108 valence electrons. The quantitative estimate of drug-likeness (QED) is 0.756. The smallest absolute Gasteiger partial charge is 0.138 e. The van der Waals surface area contributed by atoms with Crippen LogP contribution in [0.2, 0.25) is 0 Å². The van der Waals surface area contributed by atoms with Crippen molar-refractivity contribution in [3.05, 3.63) is 42.0 Å². The van der Waals surface area contributed by atoms with Gasteiger partial charge in [-0.15, -0.1) is 0 Å². The van der Waals surface area contributed by atoms with E-state index in [2.05, 4.69) is 40.5 Å². The summed E-state index contributed by atoms with van der Waals surface area (Å²) in [7, 11) is 0. The molecule has 0 saturated heterocycles. The molecule has 2 aromatic rings. The minimum atomic E-state index is -0.195. The first kappa shape index (κ1) is 14.7. The Bertz CT molecular complexity index is 525. The van der Waals surface area contributed by atoms with E-state index in [1.807, 2.05) is 6.92 Å². The Morgan fingerprint density at radius 1 is 1.40 bits per heavy atom. The van der Waals surface area contributed by atoms with Crippen LogP contribution in [0.1, 0.15) is 30.9 Å². The van der Waals surface area contributed by atoms with Gasteiger partial charge in [-0.25, -0.2) is 9.67 Å². The first-order chi connectivity index (χ1) is 9.70. The maximum absolute atomic E-state index is 9.49. The fourth-order valence-electron chi connectivity index (χ4n) is 2.12. The van der Waals surface area contributed by atoms with Gasteiger partial charge in [0.15, 0.2) is 0 Å². The summed E-state index contributed by atoms with van der Waals surface area (Å²) in [6.07, 6.45) is 4.65. The number of benzene rings is 1. The molecule has 5 nitrogen and oxygen atoms in total. The molecule has 0 fully saturated rings. The summed E-state index contributed by atoms with van der Waals surface area (Å²) in [6, 6.07) is 6.30. The Balaban J connectivity index is 1.89. The summed E-state index contributed by atoms with van der Waals surface area (Å²) in [5.41, 5.74) is 3.45. The summed E-state index contributed by atoms with van der Waals surface area (Å²) in [5, 5.41) is 17.0. The molecule has 1 unspecified atom stereocenters. The number of nitrogens with one attached hydrogen (secondary N) is 1. The summed E-state index contributed by atoms with van der Waals surface area (Å²) >= 11 is 0. The van der Waals surface area contributed by atoms with E-state index in [-0.39, 0.29) is 6.10 Å². The van der Waals surface area contributed by atoms with E-state index in [1.165, 1.54) is 17.5 Å². The lowest BCUT2D eigenvalue weighted by Gasteiger charge is -2.11. The molecule has 0 aliphatic rings. The topological polar surface area (TPSA) is 63.0 Å². The normalized spacial score (nSPS) is 12.6. The number of aliphatic hydroxyl groups is 1. The average Bonchev–Trinajstić information content (AvgIpc) is 2.97.